The van der Waals surface area contributed by atoms with Gasteiger partial charge in [0.15, 0.2) is 5.11 Å². The number of carbonyl (C=O) groups is 1. The number of rotatable bonds is 8. The lowest BCUT2D eigenvalue weighted by molar-refractivity contribution is -0.119. The first kappa shape index (κ1) is 17.2. The highest BCUT2D eigenvalue weighted by Gasteiger charge is 2.05. The molecule has 0 aromatic heterocycles. The van der Waals surface area contributed by atoms with Crippen LogP contribution in [0.5, 0.6) is 5.75 Å². The van der Waals surface area contributed by atoms with Crippen LogP contribution in [-0.2, 0) is 4.79 Å². The summed E-state index contributed by atoms with van der Waals surface area (Å²) in [5.74, 6) is 0.664. The molecule has 0 heterocycles. The van der Waals surface area contributed by atoms with Gasteiger partial charge in [0.1, 0.15) is 12.4 Å². The minimum Gasteiger partial charge on any atom is -0.489 e. The molecule has 0 fully saturated rings. The van der Waals surface area contributed by atoms with Crippen LogP contribution in [-0.4, -0.2) is 17.6 Å². The topological polar surface area (TPSA) is 50.4 Å². The summed E-state index contributed by atoms with van der Waals surface area (Å²) >= 11 is 5.12. The molecule has 0 atom stereocenters. The zero-order valence-corrected chi connectivity index (χ0v) is 13.2. The number of carbonyl (C=O) groups excluding carboxylic acids is 1. The van der Waals surface area contributed by atoms with Crippen molar-refractivity contribution in [2.45, 2.75) is 32.6 Å². The Kier molecular flexibility index (Phi) is 8.12. The van der Waals surface area contributed by atoms with E-state index in [1.165, 1.54) is 0 Å². The summed E-state index contributed by atoms with van der Waals surface area (Å²) in [6, 6.07) is 7.38. The van der Waals surface area contributed by atoms with E-state index in [9.17, 15) is 4.79 Å². The molecule has 0 aliphatic carbocycles. The molecule has 0 aliphatic rings. The van der Waals surface area contributed by atoms with Crippen LogP contribution >= 0.6 is 12.2 Å². The first-order chi connectivity index (χ1) is 10.2. The van der Waals surface area contributed by atoms with Crippen molar-refractivity contribution in [3.63, 3.8) is 0 Å². The van der Waals surface area contributed by atoms with Gasteiger partial charge in [0.05, 0.1) is 0 Å². The molecular formula is C16H22N2O2S. The zero-order valence-electron chi connectivity index (χ0n) is 12.4. The van der Waals surface area contributed by atoms with E-state index in [4.69, 9.17) is 17.0 Å². The van der Waals surface area contributed by atoms with Crippen molar-refractivity contribution in [2.24, 2.45) is 0 Å². The highest BCUT2D eigenvalue weighted by molar-refractivity contribution is 7.80. The second-order valence-electron chi connectivity index (χ2n) is 4.59. The molecule has 1 aromatic rings. The number of nitrogens with one attached hydrogen (secondary N) is 2. The average Bonchev–Trinajstić information content (AvgIpc) is 2.45. The van der Waals surface area contributed by atoms with Crippen molar-refractivity contribution in [3.8, 4) is 5.75 Å². The standard InChI is InChI=1S/C16H22N2O2S/c1-3-5-6-10-15(19)18-16(21)17-13-8-7-9-14(12-13)20-11-4-2/h4,7-9,12H,2-3,5-6,10-11H2,1H3,(H2,17,18,19,21). The molecule has 0 saturated heterocycles. The molecule has 2 N–H and O–H groups in total. The Morgan fingerprint density at radius 2 is 2.24 bits per heavy atom. The number of hydrogen-bond donors (Lipinski definition) is 2. The van der Waals surface area contributed by atoms with Crippen LogP contribution in [0.3, 0.4) is 0 Å². The van der Waals surface area contributed by atoms with Gasteiger partial charge < -0.3 is 15.4 Å². The Balaban J connectivity index is 2.43. The van der Waals surface area contributed by atoms with Crippen LogP contribution in [0.1, 0.15) is 32.6 Å². The normalized spacial score (nSPS) is 9.76. The van der Waals surface area contributed by atoms with Gasteiger partial charge in [0, 0.05) is 18.2 Å². The van der Waals surface area contributed by atoms with Crippen molar-refractivity contribution < 1.29 is 9.53 Å². The summed E-state index contributed by atoms with van der Waals surface area (Å²) in [7, 11) is 0. The third-order valence-electron chi connectivity index (χ3n) is 2.72. The van der Waals surface area contributed by atoms with Crippen LogP contribution in [0.2, 0.25) is 0 Å². The van der Waals surface area contributed by atoms with Crippen molar-refractivity contribution in [1.82, 2.24) is 5.32 Å². The molecule has 0 spiro atoms. The van der Waals surface area contributed by atoms with E-state index in [1.807, 2.05) is 24.3 Å². The van der Waals surface area contributed by atoms with E-state index < -0.39 is 0 Å². The smallest absolute Gasteiger partial charge is 0.226 e. The van der Waals surface area contributed by atoms with Crippen LogP contribution in [0.25, 0.3) is 0 Å². The van der Waals surface area contributed by atoms with E-state index in [-0.39, 0.29) is 5.91 Å². The van der Waals surface area contributed by atoms with Gasteiger partial charge in [-0.1, -0.05) is 38.5 Å². The SMILES string of the molecule is C=CCOc1cccc(NC(=S)NC(=O)CCCCC)c1. The Morgan fingerprint density at radius 1 is 1.43 bits per heavy atom. The predicted octanol–water partition coefficient (Wildman–Crippen LogP) is 3.64. The van der Waals surface area contributed by atoms with E-state index in [0.717, 1.165) is 30.7 Å². The molecule has 0 unspecified atom stereocenters. The molecule has 4 nitrogen and oxygen atoms in total. The van der Waals surface area contributed by atoms with Crippen molar-refractivity contribution >= 4 is 28.9 Å². The summed E-state index contributed by atoms with van der Waals surface area (Å²) in [4.78, 5) is 11.7. The van der Waals surface area contributed by atoms with E-state index >= 15 is 0 Å². The predicted molar refractivity (Wildman–Crippen MR) is 90.6 cm³/mol. The first-order valence-electron chi connectivity index (χ1n) is 7.10. The fraction of sp³-hybridized carbons (Fsp3) is 0.375. The van der Waals surface area contributed by atoms with Gasteiger partial charge in [-0.25, -0.2) is 0 Å². The highest BCUT2D eigenvalue weighted by Crippen LogP contribution is 2.17. The second-order valence-corrected chi connectivity index (χ2v) is 5.00. The maximum Gasteiger partial charge on any atom is 0.226 e. The number of amides is 1. The maximum atomic E-state index is 11.7. The van der Waals surface area contributed by atoms with E-state index in [1.54, 1.807) is 6.08 Å². The molecular weight excluding hydrogens is 284 g/mol. The molecule has 0 bridgehead atoms. The molecule has 5 heteroatoms. The monoisotopic (exact) mass is 306 g/mol. The van der Waals surface area contributed by atoms with Gasteiger partial charge >= 0.3 is 0 Å². The van der Waals surface area contributed by atoms with Gasteiger partial charge in [0.25, 0.3) is 0 Å². The summed E-state index contributed by atoms with van der Waals surface area (Å²) in [6.07, 6.45) is 5.21. The largest absolute Gasteiger partial charge is 0.489 e. The second kappa shape index (κ2) is 9.94. The Hall–Kier alpha value is -1.88. The van der Waals surface area contributed by atoms with Gasteiger partial charge in [-0.15, -0.1) is 0 Å². The number of hydrogen-bond acceptors (Lipinski definition) is 3. The number of benzene rings is 1. The molecule has 0 aliphatic heterocycles. The number of unbranched alkanes of at least 4 members (excludes halogenated alkanes) is 2. The fourth-order valence-electron chi connectivity index (χ4n) is 1.71. The summed E-state index contributed by atoms with van der Waals surface area (Å²) in [6.45, 7) is 6.15. The van der Waals surface area contributed by atoms with Crippen molar-refractivity contribution in [3.05, 3.63) is 36.9 Å². The van der Waals surface area contributed by atoms with Crippen molar-refractivity contribution in [2.75, 3.05) is 11.9 Å². The van der Waals surface area contributed by atoms with Crippen molar-refractivity contribution in [1.29, 1.82) is 0 Å². The number of ether oxygens (including phenoxy) is 1. The fourth-order valence-corrected chi connectivity index (χ4v) is 1.94. The van der Waals surface area contributed by atoms with Crippen LogP contribution in [0.4, 0.5) is 5.69 Å². The molecule has 114 valence electrons. The minimum atomic E-state index is -0.0555. The van der Waals surface area contributed by atoms with Gasteiger partial charge in [-0.05, 0) is 30.8 Å². The lowest BCUT2D eigenvalue weighted by Gasteiger charge is -2.11. The zero-order chi connectivity index (χ0) is 15.5. The third-order valence-corrected chi connectivity index (χ3v) is 2.92. The summed E-state index contributed by atoms with van der Waals surface area (Å²) in [5.41, 5.74) is 0.774. The molecule has 1 aromatic carbocycles. The van der Waals surface area contributed by atoms with Crippen LogP contribution < -0.4 is 15.4 Å². The van der Waals surface area contributed by atoms with E-state index in [0.29, 0.717) is 18.1 Å². The quantitative estimate of drug-likeness (QED) is 0.437. The summed E-state index contributed by atoms with van der Waals surface area (Å²) < 4.78 is 5.44. The third kappa shape index (κ3) is 7.46. The van der Waals surface area contributed by atoms with Gasteiger partial charge in [-0.2, -0.15) is 0 Å². The highest BCUT2D eigenvalue weighted by atomic mass is 32.1. The van der Waals surface area contributed by atoms with Gasteiger partial charge in [0.2, 0.25) is 5.91 Å². The number of thiocarbonyl (C=S) groups is 1. The first-order valence-corrected chi connectivity index (χ1v) is 7.51. The Bertz CT molecular complexity index is 489. The molecule has 1 amide bonds. The maximum absolute atomic E-state index is 11.7. The summed E-state index contributed by atoms with van der Waals surface area (Å²) in [5, 5.41) is 5.95. The minimum absolute atomic E-state index is 0.0555. The van der Waals surface area contributed by atoms with Crippen LogP contribution in [0, 0.1) is 0 Å². The molecule has 1 rings (SSSR count). The number of anilines is 1. The Labute approximate surface area is 131 Å². The Morgan fingerprint density at radius 3 is 2.95 bits per heavy atom. The lowest BCUT2D eigenvalue weighted by atomic mass is 10.2. The molecule has 0 radical (unpaired) electrons. The average molecular weight is 306 g/mol. The molecule has 0 saturated carbocycles. The lowest BCUT2D eigenvalue weighted by Crippen LogP contribution is -2.33. The van der Waals surface area contributed by atoms with Crippen LogP contribution in [0.15, 0.2) is 36.9 Å². The van der Waals surface area contributed by atoms with Gasteiger partial charge in [-0.3, -0.25) is 4.79 Å². The van der Waals surface area contributed by atoms with E-state index in [2.05, 4.69) is 24.1 Å². The molecule has 21 heavy (non-hydrogen) atoms.